The lowest BCUT2D eigenvalue weighted by Crippen LogP contribution is -2.26. The fraction of sp³-hybridized carbons (Fsp3) is 0.857. The molecule has 0 saturated carbocycles. The van der Waals surface area contributed by atoms with Gasteiger partial charge in [-0.2, -0.15) is 0 Å². The molecule has 1 unspecified atom stereocenters. The highest BCUT2D eigenvalue weighted by Crippen LogP contribution is 2.30. The lowest BCUT2D eigenvalue weighted by Gasteiger charge is -2.18. The smallest absolute Gasteiger partial charge is 0.00238 e. The molecular formula is C7H13N2. The molecule has 0 aromatic heterocycles. The molecule has 1 spiro atoms. The molecule has 2 saturated heterocycles. The van der Waals surface area contributed by atoms with E-state index in [0.717, 1.165) is 6.54 Å². The predicted octanol–water partition coefficient (Wildman–Crippen LogP) is -0.226. The van der Waals surface area contributed by atoms with Gasteiger partial charge in [0.05, 0.1) is 0 Å². The van der Waals surface area contributed by atoms with Crippen LogP contribution in [0.2, 0.25) is 0 Å². The Morgan fingerprint density at radius 3 is 2.67 bits per heavy atom. The molecule has 2 heteroatoms. The van der Waals surface area contributed by atoms with Gasteiger partial charge in [0.2, 0.25) is 0 Å². The first kappa shape index (κ1) is 5.69. The lowest BCUT2D eigenvalue weighted by molar-refractivity contribution is 0.431. The van der Waals surface area contributed by atoms with Crippen LogP contribution in [-0.2, 0) is 0 Å². The Morgan fingerprint density at radius 1 is 1.22 bits per heavy atom. The molecule has 1 radical (unpaired) electrons. The summed E-state index contributed by atoms with van der Waals surface area (Å²) in [4.78, 5) is 0. The number of nitrogens with one attached hydrogen (secondary N) is 2. The van der Waals surface area contributed by atoms with E-state index in [2.05, 4.69) is 17.1 Å². The minimum Gasteiger partial charge on any atom is -0.316 e. The summed E-state index contributed by atoms with van der Waals surface area (Å²) < 4.78 is 0. The van der Waals surface area contributed by atoms with Crippen molar-refractivity contribution < 1.29 is 0 Å². The Bertz CT molecular complexity index is 82.0. The third-order valence-electron chi connectivity index (χ3n) is 2.43. The molecule has 2 N–H and O–H groups in total. The van der Waals surface area contributed by atoms with E-state index in [-0.39, 0.29) is 0 Å². The molecular weight excluding hydrogens is 112 g/mol. The molecule has 0 aromatic rings. The van der Waals surface area contributed by atoms with Gasteiger partial charge < -0.3 is 10.6 Å². The molecule has 2 fully saturated rings. The van der Waals surface area contributed by atoms with Gasteiger partial charge in [-0.3, -0.25) is 0 Å². The maximum absolute atomic E-state index is 3.38. The molecule has 0 amide bonds. The Hall–Kier alpha value is -0.0800. The zero-order chi connectivity index (χ0) is 6.16. The van der Waals surface area contributed by atoms with Gasteiger partial charge in [0, 0.05) is 18.5 Å². The highest BCUT2D eigenvalue weighted by atomic mass is 15.0. The van der Waals surface area contributed by atoms with E-state index in [9.17, 15) is 0 Å². The first-order valence-electron chi connectivity index (χ1n) is 3.67. The van der Waals surface area contributed by atoms with Gasteiger partial charge in [0.1, 0.15) is 0 Å². The zero-order valence-electron chi connectivity index (χ0n) is 5.61. The van der Waals surface area contributed by atoms with Gasteiger partial charge in [0.15, 0.2) is 0 Å². The largest absolute Gasteiger partial charge is 0.316 e. The minimum atomic E-state index is 0.542. The van der Waals surface area contributed by atoms with Crippen LogP contribution in [-0.4, -0.2) is 26.2 Å². The quantitative estimate of drug-likeness (QED) is 0.467. The fourth-order valence-electron chi connectivity index (χ4n) is 1.77. The van der Waals surface area contributed by atoms with Crippen LogP contribution in [0.1, 0.15) is 6.42 Å². The van der Waals surface area contributed by atoms with Crippen molar-refractivity contribution in [1.29, 1.82) is 0 Å². The van der Waals surface area contributed by atoms with Crippen LogP contribution in [0.4, 0.5) is 0 Å². The molecule has 1 atom stereocenters. The van der Waals surface area contributed by atoms with Gasteiger partial charge in [-0.05, 0) is 25.9 Å². The summed E-state index contributed by atoms with van der Waals surface area (Å²) in [5.41, 5.74) is 0.542. The molecule has 9 heavy (non-hydrogen) atoms. The highest BCUT2D eigenvalue weighted by Gasteiger charge is 2.36. The summed E-state index contributed by atoms with van der Waals surface area (Å²) in [6.07, 6.45) is 3.76. The van der Waals surface area contributed by atoms with Gasteiger partial charge in [-0.15, -0.1) is 0 Å². The maximum Gasteiger partial charge on any atom is 0.00238 e. The van der Waals surface area contributed by atoms with Crippen molar-refractivity contribution in [2.45, 2.75) is 6.42 Å². The third-order valence-corrected chi connectivity index (χ3v) is 2.43. The number of rotatable bonds is 0. The van der Waals surface area contributed by atoms with Gasteiger partial charge in [0.25, 0.3) is 0 Å². The summed E-state index contributed by atoms with van der Waals surface area (Å²) >= 11 is 0. The Morgan fingerprint density at radius 2 is 2.11 bits per heavy atom. The van der Waals surface area contributed by atoms with Crippen molar-refractivity contribution in [1.82, 2.24) is 10.6 Å². The molecule has 2 rings (SSSR count). The highest BCUT2D eigenvalue weighted by molar-refractivity contribution is 5.05. The monoisotopic (exact) mass is 125 g/mol. The topological polar surface area (TPSA) is 24.1 Å². The normalized spacial score (nSPS) is 32.0. The van der Waals surface area contributed by atoms with Crippen molar-refractivity contribution in [3.8, 4) is 0 Å². The van der Waals surface area contributed by atoms with Crippen LogP contribution in [0.3, 0.4) is 0 Å². The van der Waals surface area contributed by atoms with Crippen LogP contribution < -0.4 is 10.6 Å². The molecule has 0 aliphatic carbocycles. The fourth-order valence-corrected chi connectivity index (χ4v) is 1.77. The van der Waals surface area contributed by atoms with E-state index in [4.69, 9.17) is 0 Å². The predicted molar refractivity (Wildman–Crippen MR) is 37.1 cm³/mol. The van der Waals surface area contributed by atoms with Gasteiger partial charge >= 0.3 is 0 Å². The van der Waals surface area contributed by atoms with Crippen LogP contribution >= 0.6 is 0 Å². The molecule has 0 bridgehead atoms. The van der Waals surface area contributed by atoms with Crippen molar-refractivity contribution in [3.05, 3.63) is 6.42 Å². The zero-order valence-corrected chi connectivity index (χ0v) is 5.61. The number of hydrogen-bond acceptors (Lipinski definition) is 2. The van der Waals surface area contributed by atoms with Crippen molar-refractivity contribution in [3.63, 3.8) is 0 Å². The molecule has 0 aromatic carbocycles. The second kappa shape index (κ2) is 1.96. The van der Waals surface area contributed by atoms with E-state index >= 15 is 0 Å². The van der Waals surface area contributed by atoms with Crippen LogP contribution in [0, 0.1) is 11.8 Å². The van der Waals surface area contributed by atoms with E-state index in [1.54, 1.807) is 0 Å². The standard InChI is InChI=1S/C7H13N2/c1-3-8-5-7(1)2-4-9-6-7/h1,8-9H,2-6H2. The molecule has 2 heterocycles. The van der Waals surface area contributed by atoms with Crippen LogP contribution in [0.25, 0.3) is 0 Å². The Kier molecular flexibility index (Phi) is 1.24. The second-order valence-corrected chi connectivity index (χ2v) is 3.12. The van der Waals surface area contributed by atoms with Gasteiger partial charge in [-0.1, -0.05) is 0 Å². The van der Waals surface area contributed by atoms with Crippen molar-refractivity contribution in [2.24, 2.45) is 5.41 Å². The second-order valence-electron chi connectivity index (χ2n) is 3.12. The summed E-state index contributed by atoms with van der Waals surface area (Å²) in [5, 5.41) is 6.74. The van der Waals surface area contributed by atoms with E-state index in [1.807, 2.05) is 0 Å². The maximum atomic E-state index is 3.38. The first-order chi connectivity index (χ1) is 4.41. The average molecular weight is 125 g/mol. The summed E-state index contributed by atoms with van der Waals surface area (Å²) in [5.74, 6) is 0. The Labute approximate surface area is 56.0 Å². The Balaban J connectivity index is 2.04. The van der Waals surface area contributed by atoms with Crippen LogP contribution in [0.5, 0.6) is 0 Å². The SMILES string of the molecule is [CH]1CNCC12CCNC2. The number of hydrogen-bond donors (Lipinski definition) is 2. The van der Waals surface area contributed by atoms with E-state index in [1.165, 1.54) is 26.1 Å². The average Bonchev–Trinajstić information content (AvgIpc) is 2.45. The van der Waals surface area contributed by atoms with Crippen molar-refractivity contribution in [2.75, 3.05) is 26.2 Å². The summed E-state index contributed by atoms with van der Waals surface area (Å²) in [6.45, 7) is 4.71. The first-order valence-corrected chi connectivity index (χ1v) is 3.67. The summed E-state index contributed by atoms with van der Waals surface area (Å²) in [7, 11) is 0. The third kappa shape index (κ3) is 0.864. The molecule has 2 aliphatic heterocycles. The van der Waals surface area contributed by atoms with Crippen LogP contribution in [0.15, 0.2) is 0 Å². The van der Waals surface area contributed by atoms with E-state index < -0.39 is 0 Å². The molecule has 2 aliphatic rings. The molecule has 51 valence electrons. The summed E-state index contributed by atoms with van der Waals surface area (Å²) in [6, 6.07) is 0. The molecule has 2 nitrogen and oxygen atoms in total. The lowest BCUT2D eigenvalue weighted by atomic mass is 9.87. The minimum absolute atomic E-state index is 0.542. The van der Waals surface area contributed by atoms with E-state index in [0.29, 0.717) is 5.41 Å². The van der Waals surface area contributed by atoms with Crippen molar-refractivity contribution >= 4 is 0 Å². The van der Waals surface area contributed by atoms with Gasteiger partial charge in [-0.25, -0.2) is 0 Å².